The van der Waals surface area contributed by atoms with E-state index in [1.807, 2.05) is 12.1 Å². The molecule has 1 heterocycles. The summed E-state index contributed by atoms with van der Waals surface area (Å²) in [6.07, 6.45) is 7.77. The number of ether oxygens (including phenoxy) is 1. The molecule has 0 bridgehead atoms. The minimum atomic E-state index is 0. The highest BCUT2D eigenvalue weighted by atomic mass is 16.5. The smallest absolute Gasteiger partial charge is 0.494 e. The number of hydrogen-bond donors (Lipinski definition) is 0. The van der Waals surface area contributed by atoms with Crippen LogP contribution in [0, 0.1) is 11.3 Å². The van der Waals surface area contributed by atoms with Crippen LogP contribution in [0.1, 0.15) is 45.5 Å². The summed E-state index contributed by atoms with van der Waals surface area (Å²) >= 11 is 0. The molecule has 0 aliphatic carbocycles. The van der Waals surface area contributed by atoms with E-state index in [-0.39, 0.29) is 1.43 Å². The van der Waals surface area contributed by atoms with Crippen molar-refractivity contribution in [3.05, 3.63) is 29.8 Å². The Morgan fingerprint density at radius 2 is 1.80 bits per heavy atom. The number of hydrogen-bond acceptors (Lipinski definition) is 3. The Balaban J connectivity index is 0.00000220. The standard InChI is InChI=1S/C17H24N2O/c18-15-16-7-9-17(10-8-16)20-14-6-2-5-13-19-11-3-1-4-12-19/h7-10H,1-6,11-14H2/p+1. The summed E-state index contributed by atoms with van der Waals surface area (Å²) in [5.74, 6) is 0.861. The van der Waals surface area contributed by atoms with Crippen molar-refractivity contribution in [3.8, 4) is 11.8 Å². The van der Waals surface area contributed by atoms with Crippen LogP contribution in [0.25, 0.3) is 0 Å². The van der Waals surface area contributed by atoms with Crippen molar-refractivity contribution in [2.24, 2.45) is 0 Å². The molecule has 1 aromatic carbocycles. The van der Waals surface area contributed by atoms with E-state index in [0.717, 1.165) is 18.8 Å². The highest BCUT2D eigenvalue weighted by molar-refractivity contribution is 5.34. The van der Waals surface area contributed by atoms with Crippen molar-refractivity contribution in [1.82, 2.24) is 4.90 Å². The fraction of sp³-hybridized carbons (Fsp3) is 0.588. The van der Waals surface area contributed by atoms with Crippen molar-refractivity contribution >= 4 is 0 Å². The second kappa shape index (κ2) is 8.60. The summed E-state index contributed by atoms with van der Waals surface area (Å²) in [4.78, 5) is 2.59. The van der Waals surface area contributed by atoms with Crippen molar-refractivity contribution < 1.29 is 6.16 Å². The van der Waals surface area contributed by atoms with E-state index in [4.69, 9.17) is 10.00 Å². The first kappa shape index (κ1) is 14.9. The summed E-state index contributed by atoms with van der Waals surface area (Å²) < 4.78 is 5.67. The predicted octanol–water partition coefficient (Wildman–Crippen LogP) is 3.71. The molecule has 0 atom stereocenters. The maximum Gasteiger partial charge on any atom is 1.00 e. The Morgan fingerprint density at radius 3 is 2.50 bits per heavy atom. The van der Waals surface area contributed by atoms with Crippen LogP contribution in [0.15, 0.2) is 24.3 Å². The quantitative estimate of drug-likeness (QED) is 0.711. The van der Waals surface area contributed by atoms with Crippen molar-refractivity contribution in [2.75, 3.05) is 26.2 Å². The third-order valence-electron chi connectivity index (χ3n) is 3.82. The number of unbranched alkanes of at least 4 members (excludes halogenated alkanes) is 2. The summed E-state index contributed by atoms with van der Waals surface area (Å²) in [5.41, 5.74) is 0.680. The second-order valence-corrected chi connectivity index (χ2v) is 5.45. The summed E-state index contributed by atoms with van der Waals surface area (Å²) in [6, 6.07) is 9.44. The molecule has 2 rings (SSSR count). The van der Waals surface area contributed by atoms with Crippen LogP contribution in [0.3, 0.4) is 0 Å². The van der Waals surface area contributed by atoms with Gasteiger partial charge in [-0.15, -0.1) is 0 Å². The van der Waals surface area contributed by atoms with Crippen LogP contribution in [-0.2, 0) is 0 Å². The summed E-state index contributed by atoms with van der Waals surface area (Å²) in [7, 11) is 0. The molecular formula is C17H25N2O+. The van der Waals surface area contributed by atoms with Gasteiger partial charge >= 0.3 is 1.43 Å². The van der Waals surface area contributed by atoms with Crippen LogP contribution >= 0.6 is 0 Å². The van der Waals surface area contributed by atoms with E-state index >= 15 is 0 Å². The Labute approximate surface area is 123 Å². The molecule has 1 aliphatic heterocycles. The first-order valence-corrected chi connectivity index (χ1v) is 7.74. The third kappa shape index (κ3) is 5.22. The average Bonchev–Trinajstić information content (AvgIpc) is 2.52. The van der Waals surface area contributed by atoms with E-state index < -0.39 is 0 Å². The van der Waals surface area contributed by atoms with Gasteiger partial charge in [-0.1, -0.05) is 6.42 Å². The van der Waals surface area contributed by atoms with Gasteiger partial charge in [0.15, 0.2) is 0 Å². The highest BCUT2D eigenvalue weighted by Gasteiger charge is 2.08. The predicted molar refractivity (Wildman–Crippen MR) is 81.9 cm³/mol. The van der Waals surface area contributed by atoms with E-state index in [1.165, 1.54) is 51.7 Å². The zero-order valence-corrected chi connectivity index (χ0v) is 12.2. The SMILES string of the molecule is N#Cc1ccc(OCCCCCN2CCCCC2)cc1.[H+]. The lowest BCUT2D eigenvalue weighted by molar-refractivity contribution is 0.221. The number of nitriles is 1. The molecule has 0 aromatic heterocycles. The van der Waals surface area contributed by atoms with Gasteiger partial charge in [0.25, 0.3) is 0 Å². The third-order valence-corrected chi connectivity index (χ3v) is 3.82. The molecular weight excluding hydrogens is 248 g/mol. The van der Waals surface area contributed by atoms with Gasteiger partial charge in [0.05, 0.1) is 18.2 Å². The molecule has 0 saturated carbocycles. The van der Waals surface area contributed by atoms with Gasteiger partial charge in [-0.25, -0.2) is 0 Å². The Hall–Kier alpha value is -1.53. The van der Waals surface area contributed by atoms with Gasteiger partial charge in [0.2, 0.25) is 0 Å². The molecule has 1 aliphatic rings. The zero-order valence-electron chi connectivity index (χ0n) is 13.2. The van der Waals surface area contributed by atoms with Gasteiger partial charge in [0, 0.05) is 0 Å². The van der Waals surface area contributed by atoms with Gasteiger partial charge in [-0.3, -0.25) is 0 Å². The van der Waals surface area contributed by atoms with Crippen molar-refractivity contribution in [2.45, 2.75) is 38.5 Å². The van der Waals surface area contributed by atoms with Crippen LogP contribution < -0.4 is 4.74 Å². The molecule has 3 heteroatoms. The van der Waals surface area contributed by atoms with Crippen LogP contribution in [0.4, 0.5) is 0 Å². The Kier molecular flexibility index (Phi) is 6.40. The minimum absolute atomic E-state index is 0. The van der Waals surface area contributed by atoms with Gasteiger partial charge in [-0.05, 0) is 76.0 Å². The van der Waals surface area contributed by atoms with E-state index in [2.05, 4.69) is 11.0 Å². The maximum absolute atomic E-state index is 8.71. The Bertz CT molecular complexity index is 421. The lowest BCUT2D eigenvalue weighted by Crippen LogP contribution is -2.30. The minimum Gasteiger partial charge on any atom is -0.494 e. The monoisotopic (exact) mass is 273 g/mol. The molecule has 0 radical (unpaired) electrons. The molecule has 0 unspecified atom stereocenters. The molecule has 1 fully saturated rings. The van der Waals surface area contributed by atoms with Crippen LogP contribution in [0.2, 0.25) is 0 Å². The maximum atomic E-state index is 8.71. The summed E-state index contributed by atoms with van der Waals surface area (Å²) in [5, 5.41) is 8.71. The van der Waals surface area contributed by atoms with Crippen molar-refractivity contribution in [3.63, 3.8) is 0 Å². The molecule has 0 amide bonds. The molecule has 108 valence electrons. The molecule has 1 aromatic rings. The van der Waals surface area contributed by atoms with Gasteiger partial charge in [-0.2, -0.15) is 5.26 Å². The number of benzene rings is 1. The highest BCUT2D eigenvalue weighted by Crippen LogP contribution is 2.13. The Morgan fingerprint density at radius 1 is 1.05 bits per heavy atom. The molecule has 3 nitrogen and oxygen atoms in total. The van der Waals surface area contributed by atoms with Crippen LogP contribution in [-0.4, -0.2) is 31.1 Å². The molecule has 1 saturated heterocycles. The number of piperidine rings is 1. The second-order valence-electron chi connectivity index (χ2n) is 5.45. The first-order valence-electron chi connectivity index (χ1n) is 7.74. The number of nitrogens with zero attached hydrogens (tertiary/aromatic N) is 2. The number of rotatable bonds is 7. The van der Waals surface area contributed by atoms with Gasteiger partial charge in [0.1, 0.15) is 5.75 Å². The lowest BCUT2D eigenvalue weighted by Gasteiger charge is -2.26. The molecule has 0 spiro atoms. The fourth-order valence-corrected chi connectivity index (χ4v) is 2.61. The van der Waals surface area contributed by atoms with E-state index in [9.17, 15) is 0 Å². The van der Waals surface area contributed by atoms with Gasteiger partial charge < -0.3 is 9.64 Å². The molecule has 20 heavy (non-hydrogen) atoms. The zero-order chi connectivity index (χ0) is 14.0. The summed E-state index contributed by atoms with van der Waals surface area (Å²) in [6.45, 7) is 4.60. The number of likely N-dealkylation sites (tertiary alicyclic amines) is 1. The first-order chi connectivity index (χ1) is 9.88. The topological polar surface area (TPSA) is 36.3 Å². The largest absolute Gasteiger partial charge is 1.00 e. The normalized spacial score (nSPS) is 15.8. The lowest BCUT2D eigenvalue weighted by atomic mass is 10.1. The van der Waals surface area contributed by atoms with E-state index in [0.29, 0.717) is 5.56 Å². The average molecular weight is 273 g/mol. The molecule has 0 N–H and O–H groups in total. The van der Waals surface area contributed by atoms with Crippen LogP contribution in [0.5, 0.6) is 5.75 Å². The fourth-order valence-electron chi connectivity index (χ4n) is 2.61. The van der Waals surface area contributed by atoms with E-state index in [1.54, 1.807) is 12.1 Å². The van der Waals surface area contributed by atoms with Crippen molar-refractivity contribution in [1.29, 1.82) is 5.26 Å².